The average Bonchev–Trinajstić information content (AvgIpc) is 2.66. The Hall–Kier alpha value is -1.79. The lowest BCUT2D eigenvalue weighted by Gasteiger charge is -2.37. The molecule has 0 saturated carbocycles. The van der Waals surface area contributed by atoms with E-state index in [1.54, 1.807) is 11.8 Å². The molecule has 2 aliphatic rings. The van der Waals surface area contributed by atoms with Crippen LogP contribution in [-0.4, -0.2) is 85.4 Å². The van der Waals surface area contributed by atoms with Crippen molar-refractivity contribution in [1.82, 2.24) is 14.7 Å². The van der Waals surface area contributed by atoms with Gasteiger partial charge in [-0.25, -0.2) is 0 Å². The van der Waals surface area contributed by atoms with E-state index >= 15 is 0 Å². The van der Waals surface area contributed by atoms with Crippen molar-refractivity contribution in [1.29, 1.82) is 0 Å². The van der Waals surface area contributed by atoms with E-state index in [-0.39, 0.29) is 11.8 Å². The van der Waals surface area contributed by atoms with Crippen LogP contribution in [0.15, 0.2) is 24.3 Å². The maximum atomic E-state index is 12.4. The second-order valence-electron chi connectivity index (χ2n) is 6.95. The molecule has 7 heteroatoms. The molecule has 1 aromatic carbocycles. The second-order valence-corrected chi connectivity index (χ2v) is 7.38. The Morgan fingerprint density at radius 3 is 2.23 bits per heavy atom. The number of carbonyl (C=O) groups excluding carboxylic acids is 2. The van der Waals surface area contributed by atoms with E-state index in [1.807, 2.05) is 23.1 Å². The van der Waals surface area contributed by atoms with Gasteiger partial charge in [0.2, 0.25) is 11.8 Å². The number of rotatable bonds is 4. The maximum Gasteiger partial charge on any atom is 0.223 e. The Balaban J connectivity index is 1.38. The highest BCUT2D eigenvalue weighted by Crippen LogP contribution is 2.20. The van der Waals surface area contributed by atoms with Crippen LogP contribution in [0.5, 0.6) is 0 Å². The Labute approximate surface area is 160 Å². The van der Waals surface area contributed by atoms with Crippen molar-refractivity contribution in [2.45, 2.75) is 13.3 Å². The Kier molecular flexibility index (Phi) is 6.38. The second kappa shape index (κ2) is 8.73. The van der Waals surface area contributed by atoms with Crippen LogP contribution in [-0.2, 0) is 9.59 Å². The van der Waals surface area contributed by atoms with Gasteiger partial charge in [-0.15, -0.1) is 0 Å². The monoisotopic (exact) mass is 378 g/mol. The summed E-state index contributed by atoms with van der Waals surface area (Å²) in [5, 5.41) is 0.764. The summed E-state index contributed by atoms with van der Waals surface area (Å²) in [4.78, 5) is 32.2. The van der Waals surface area contributed by atoms with Gasteiger partial charge in [-0.05, 0) is 18.2 Å². The van der Waals surface area contributed by atoms with Crippen molar-refractivity contribution in [2.75, 3.05) is 63.8 Å². The molecule has 0 spiro atoms. The summed E-state index contributed by atoms with van der Waals surface area (Å²) in [6.45, 7) is 8.81. The number of benzene rings is 1. The molecule has 26 heavy (non-hydrogen) atoms. The molecule has 0 aliphatic carbocycles. The van der Waals surface area contributed by atoms with Crippen molar-refractivity contribution in [3.63, 3.8) is 0 Å². The molecule has 2 amide bonds. The smallest absolute Gasteiger partial charge is 0.223 e. The molecule has 0 N–H and O–H groups in total. The van der Waals surface area contributed by atoms with Gasteiger partial charge in [0.25, 0.3) is 0 Å². The third-order valence-corrected chi connectivity index (χ3v) is 5.50. The highest BCUT2D eigenvalue weighted by atomic mass is 35.5. The van der Waals surface area contributed by atoms with Crippen molar-refractivity contribution in [3.05, 3.63) is 29.3 Å². The largest absolute Gasteiger partial charge is 0.369 e. The van der Waals surface area contributed by atoms with Crippen LogP contribution in [0, 0.1) is 0 Å². The Morgan fingerprint density at radius 2 is 1.62 bits per heavy atom. The van der Waals surface area contributed by atoms with E-state index in [1.165, 1.54) is 0 Å². The van der Waals surface area contributed by atoms with Crippen LogP contribution >= 0.6 is 11.6 Å². The fourth-order valence-electron chi connectivity index (χ4n) is 3.59. The van der Waals surface area contributed by atoms with Crippen LogP contribution in [0.1, 0.15) is 13.3 Å². The van der Waals surface area contributed by atoms with Crippen LogP contribution in [0.25, 0.3) is 0 Å². The molecule has 0 bridgehead atoms. The molecule has 0 unspecified atom stereocenters. The van der Waals surface area contributed by atoms with Gasteiger partial charge < -0.3 is 14.7 Å². The lowest BCUT2D eigenvalue weighted by atomic mass is 10.2. The van der Waals surface area contributed by atoms with Crippen molar-refractivity contribution >= 4 is 29.1 Å². The molecule has 0 atom stereocenters. The predicted molar refractivity (Wildman–Crippen MR) is 104 cm³/mol. The first-order valence-electron chi connectivity index (χ1n) is 9.29. The lowest BCUT2D eigenvalue weighted by Crippen LogP contribution is -2.51. The van der Waals surface area contributed by atoms with E-state index in [2.05, 4.69) is 15.9 Å². The average molecular weight is 379 g/mol. The quantitative estimate of drug-likeness (QED) is 0.797. The number of amides is 2. The standard InChI is InChI=1S/C19H27ClN4O2/c1-16(25)22-11-13-24(14-12-22)19(26)5-6-21-7-9-23(10-8-21)18-4-2-3-17(20)15-18/h2-4,15H,5-14H2,1H3. The van der Waals surface area contributed by atoms with Crippen molar-refractivity contribution < 1.29 is 9.59 Å². The van der Waals surface area contributed by atoms with E-state index in [0.29, 0.717) is 32.6 Å². The number of anilines is 1. The first-order chi connectivity index (χ1) is 12.5. The molecule has 0 aromatic heterocycles. The molecular weight excluding hydrogens is 352 g/mol. The van der Waals surface area contributed by atoms with Crippen LogP contribution in [0.3, 0.4) is 0 Å². The number of carbonyl (C=O) groups is 2. The fraction of sp³-hybridized carbons (Fsp3) is 0.579. The molecule has 1 aromatic rings. The van der Waals surface area contributed by atoms with Crippen molar-refractivity contribution in [2.24, 2.45) is 0 Å². The normalized spacial score (nSPS) is 18.9. The van der Waals surface area contributed by atoms with Gasteiger partial charge in [0.15, 0.2) is 0 Å². The van der Waals surface area contributed by atoms with Gasteiger partial charge in [-0.2, -0.15) is 0 Å². The SMILES string of the molecule is CC(=O)N1CCN(C(=O)CCN2CCN(c3cccc(Cl)c3)CC2)CC1. The molecule has 2 aliphatic heterocycles. The van der Waals surface area contributed by atoms with E-state index in [0.717, 1.165) is 43.4 Å². The van der Waals surface area contributed by atoms with Gasteiger partial charge in [-0.3, -0.25) is 14.5 Å². The van der Waals surface area contributed by atoms with Gasteiger partial charge >= 0.3 is 0 Å². The maximum absolute atomic E-state index is 12.4. The lowest BCUT2D eigenvalue weighted by molar-refractivity contribution is -0.138. The third kappa shape index (κ3) is 4.89. The zero-order chi connectivity index (χ0) is 18.5. The third-order valence-electron chi connectivity index (χ3n) is 5.27. The molecular formula is C19H27ClN4O2. The molecule has 2 heterocycles. The van der Waals surface area contributed by atoms with Gasteiger partial charge in [0.1, 0.15) is 0 Å². The summed E-state index contributed by atoms with van der Waals surface area (Å²) < 4.78 is 0. The molecule has 6 nitrogen and oxygen atoms in total. The fourth-order valence-corrected chi connectivity index (χ4v) is 3.77. The summed E-state index contributed by atoms with van der Waals surface area (Å²) >= 11 is 6.08. The number of nitrogens with zero attached hydrogens (tertiary/aromatic N) is 4. The van der Waals surface area contributed by atoms with Crippen LogP contribution in [0.4, 0.5) is 5.69 Å². The van der Waals surface area contributed by atoms with E-state index < -0.39 is 0 Å². The minimum absolute atomic E-state index is 0.0923. The molecule has 0 radical (unpaired) electrons. The van der Waals surface area contributed by atoms with Gasteiger partial charge in [-0.1, -0.05) is 17.7 Å². The molecule has 2 saturated heterocycles. The highest BCUT2D eigenvalue weighted by molar-refractivity contribution is 6.30. The summed E-state index contributed by atoms with van der Waals surface area (Å²) in [7, 11) is 0. The highest BCUT2D eigenvalue weighted by Gasteiger charge is 2.23. The number of hydrogen-bond acceptors (Lipinski definition) is 4. The molecule has 2 fully saturated rings. The number of hydrogen-bond donors (Lipinski definition) is 0. The summed E-state index contributed by atoms with van der Waals surface area (Å²) in [5.74, 6) is 0.292. The predicted octanol–water partition coefficient (Wildman–Crippen LogP) is 1.54. The minimum atomic E-state index is 0.0923. The zero-order valence-electron chi connectivity index (χ0n) is 15.4. The first-order valence-corrected chi connectivity index (χ1v) is 9.67. The van der Waals surface area contributed by atoms with Crippen LogP contribution in [0.2, 0.25) is 5.02 Å². The summed E-state index contributed by atoms with van der Waals surface area (Å²) in [6.07, 6.45) is 0.553. The minimum Gasteiger partial charge on any atom is -0.369 e. The van der Waals surface area contributed by atoms with Crippen LogP contribution < -0.4 is 4.90 Å². The van der Waals surface area contributed by atoms with E-state index in [9.17, 15) is 9.59 Å². The van der Waals surface area contributed by atoms with Gasteiger partial charge in [0, 0.05) is 83.0 Å². The number of piperazine rings is 2. The summed E-state index contributed by atoms with van der Waals surface area (Å²) in [6, 6.07) is 7.96. The Morgan fingerprint density at radius 1 is 0.962 bits per heavy atom. The molecule has 3 rings (SSSR count). The topological polar surface area (TPSA) is 47.1 Å². The first kappa shape index (κ1) is 19.0. The zero-order valence-corrected chi connectivity index (χ0v) is 16.1. The summed E-state index contributed by atoms with van der Waals surface area (Å²) in [5.41, 5.74) is 1.16. The molecule has 142 valence electrons. The Bertz CT molecular complexity index is 638. The van der Waals surface area contributed by atoms with Gasteiger partial charge in [0.05, 0.1) is 0 Å². The van der Waals surface area contributed by atoms with Crippen molar-refractivity contribution in [3.8, 4) is 0 Å². The van der Waals surface area contributed by atoms with E-state index in [4.69, 9.17) is 11.6 Å². The number of halogens is 1.